The monoisotopic (exact) mass is 531 g/mol. The molecule has 2 aliphatic heterocycles. The average molecular weight is 532 g/mol. The molecule has 1 unspecified atom stereocenters. The Morgan fingerprint density at radius 3 is 2.28 bits per heavy atom. The first-order chi connectivity index (χ1) is 18.9. The van der Waals surface area contributed by atoms with E-state index in [1.807, 2.05) is 6.07 Å². The third-order valence-electron chi connectivity index (χ3n) is 9.04. The SMILES string of the molecule is CCCCCCCCCCCCC(C)c1cc(O)c2c(c1)OC(C)(C)C1=C2CN(CCc2ccccc2)CC1. The summed E-state index contributed by atoms with van der Waals surface area (Å²) in [6, 6.07) is 15.0. The number of hydrogen-bond donors (Lipinski definition) is 1. The summed E-state index contributed by atoms with van der Waals surface area (Å²) in [7, 11) is 0. The lowest BCUT2D eigenvalue weighted by molar-refractivity contribution is 0.130. The first-order valence-electron chi connectivity index (χ1n) is 15.9. The maximum absolute atomic E-state index is 11.3. The molecule has 4 rings (SSSR count). The van der Waals surface area contributed by atoms with Crippen molar-refractivity contribution in [3.63, 3.8) is 0 Å². The summed E-state index contributed by atoms with van der Waals surface area (Å²) < 4.78 is 6.59. The summed E-state index contributed by atoms with van der Waals surface area (Å²) in [5.41, 5.74) is 5.83. The second kappa shape index (κ2) is 14.4. The van der Waals surface area contributed by atoms with Crippen LogP contribution < -0.4 is 4.74 Å². The van der Waals surface area contributed by atoms with Crippen LogP contribution in [0.3, 0.4) is 0 Å². The summed E-state index contributed by atoms with van der Waals surface area (Å²) in [5, 5.41) is 11.3. The van der Waals surface area contributed by atoms with E-state index >= 15 is 0 Å². The van der Waals surface area contributed by atoms with Crippen molar-refractivity contribution in [2.75, 3.05) is 19.6 Å². The number of rotatable bonds is 15. The molecule has 0 saturated heterocycles. The van der Waals surface area contributed by atoms with Crippen LogP contribution in [0.25, 0.3) is 5.57 Å². The predicted octanol–water partition coefficient (Wildman–Crippen LogP) is 9.68. The largest absolute Gasteiger partial charge is 0.507 e. The lowest BCUT2D eigenvalue weighted by Crippen LogP contribution is -2.42. The Hall–Kier alpha value is -2.26. The number of hydrogen-bond acceptors (Lipinski definition) is 3. The number of phenols is 1. The van der Waals surface area contributed by atoms with Crippen molar-refractivity contribution in [2.24, 2.45) is 0 Å². The first-order valence-corrected chi connectivity index (χ1v) is 15.9. The normalized spacial score (nSPS) is 17.4. The van der Waals surface area contributed by atoms with Crippen molar-refractivity contribution in [1.29, 1.82) is 0 Å². The van der Waals surface area contributed by atoms with Crippen LogP contribution in [-0.2, 0) is 6.42 Å². The van der Waals surface area contributed by atoms with Gasteiger partial charge in [-0.05, 0) is 73.4 Å². The number of aromatic hydroxyl groups is 1. The van der Waals surface area contributed by atoms with Crippen LogP contribution in [0.1, 0.15) is 127 Å². The van der Waals surface area contributed by atoms with Gasteiger partial charge in [0.05, 0.1) is 5.56 Å². The zero-order valence-corrected chi connectivity index (χ0v) is 25.2. The van der Waals surface area contributed by atoms with E-state index in [-0.39, 0.29) is 5.60 Å². The van der Waals surface area contributed by atoms with Crippen molar-refractivity contribution in [3.8, 4) is 11.5 Å². The zero-order valence-electron chi connectivity index (χ0n) is 25.2. The summed E-state index contributed by atoms with van der Waals surface area (Å²) in [6.45, 7) is 11.9. The van der Waals surface area contributed by atoms with E-state index in [0.717, 1.165) is 43.8 Å². The molecule has 1 N–H and O–H groups in total. The van der Waals surface area contributed by atoms with E-state index in [0.29, 0.717) is 11.7 Å². The minimum atomic E-state index is -0.335. The Bertz CT molecular complexity index is 1070. The lowest BCUT2D eigenvalue weighted by Gasteiger charge is -2.42. The van der Waals surface area contributed by atoms with E-state index in [2.05, 4.69) is 69.0 Å². The van der Waals surface area contributed by atoms with Crippen LogP contribution >= 0.6 is 0 Å². The highest BCUT2D eigenvalue weighted by atomic mass is 16.5. The van der Waals surface area contributed by atoms with Gasteiger partial charge in [-0.3, -0.25) is 4.90 Å². The minimum absolute atomic E-state index is 0.335. The van der Waals surface area contributed by atoms with E-state index < -0.39 is 0 Å². The summed E-state index contributed by atoms with van der Waals surface area (Å²) >= 11 is 0. The second-order valence-electron chi connectivity index (χ2n) is 12.6. The molecule has 2 aliphatic rings. The molecule has 0 radical (unpaired) electrons. The molecule has 3 nitrogen and oxygen atoms in total. The van der Waals surface area contributed by atoms with Crippen LogP contribution in [-0.4, -0.2) is 35.2 Å². The Kier molecular flexibility index (Phi) is 11.0. The fourth-order valence-electron chi connectivity index (χ4n) is 6.57. The van der Waals surface area contributed by atoms with Crippen molar-refractivity contribution < 1.29 is 9.84 Å². The van der Waals surface area contributed by atoms with Gasteiger partial charge in [0, 0.05) is 19.6 Å². The Balaban J connectivity index is 1.33. The predicted molar refractivity (Wildman–Crippen MR) is 166 cm³/mol. The lowest BCUT2D eigenvalue weighted by atomic mass is 9.80. The topological polar surface area (TPSA) is 32.7 Å². The highest BCUT2D eigenvalue weighted by molar-refractivity contribution is 5.82. The van der Waals surface area contributed by atoms with Crippen LogP contribution in [0.4, 0.5) is 0 Å². The van der Waals surface area contributed by atoms with Crippen LogP contribution in [0, 0.1) is 0 Å². The van der Waals surface area contributed by atoms with Gasteiger partial charge in [-0.1, -0.05) is 108 Å². The van der Waals surface area contributed by atoms with Gasteiger partial charge in [-0.25, -0.2) is 0 Å². The maximum Gasteiger partial charge on any atom is 0.132 e. The van der Waals surface area contributed by atoms with Crippen LogP contribution in [0.15, 0.2) is 48.0 Å². The molecule has 0 fully saturated rings. The van der Waals surface area contributed by atoms with Crippen molar-refractivity contribution >= 4 is 5.57 Å². The maximum atomic E-state index is 11.3. The molecular formula is C36H53NO2. The van der Waals surface area contributed by atoms with E-state index in [4.69, 9.17) is 4.74 Å². The molecule has 0 saturated carbocycles. The van der Waals surface area contributed by atoms with E-state index in [9.17, 15) is 5.11 Å². The van der Waals surface area contributed by atoms with Crippen molar-refractivity contribution in [3.05, 3.63) is 64.7 Å². The number of nitrogens with zero attached hydrogens (tertiary/aromatic N) is 1. The molecule has 2 heterocycles. The smallest absolute Gasteiger partial charge is 0.132 e. The van der Waals surface area contributed by atoms with Gasteiger partial charge >= 0.3 is 0 Å². The fraction of sp³-hybridized carbons (Fsp3) is 0.611. The molecule has 1 atom stereocenters. The Morgan fingerprint density at radius 2 is 1.59 bits per heavy atom. The van der Waals surface area contributed by atoms with Gasteiger partial charge in [-0.15, -0.1) is 0 Å². The van der Waals surface area contributed by atoms with Gasteiger partial charge < -0.3 is 9.84 Å². The molecule has 0 spiro atoms. The number of phenolic OH excluding ortho intramolecular Hbond substituents is 1. The second-order valence-corrected chi connectivity index (χ2v) is 12.6. The fourth-order valence-corrected chi connectivity index (χ4v) is 6.57. The summed E-state index contributed by atoms with van der Waals surface area (Å²) in [5.74, 6) is 1.69. The van der Waals surface area contributed by atoms with Crippen molar-refractivity contribution in [2.45, 2.75) is 123 Å². The highest BCUT2D eigenvalue weighted by Crippen LogP contribution is 2.49. The summed E-state index contributed by atoms with van der Waals surface area (Å²) in [4.78, 5) is 2.54. The average Bonchev–Trinajstić information content (AvgIpc) is 2.92. The molecule has 214 valence electrons. The van der Waals surface area contributed by atoms with Gasteiger partial charge in [0.2, 0.25) is 0 Å². The van der Waals surface area contributed by atoms with E-state index in [1.54, 1.807) is 0 Å². The number of unbranched alkanes of at least 4 members (excludes halogenated alkanes) is 9. The van der Waals surface area contributed by atoms with Gasteiger partial charge in [-0.2, -0.15) is 0 Å². The Labute approximate surface area is 238 Å². The highest BCUT2D eigenvalue weighted by Gasteiger charge is 2.39. The van der Waals surface area contributed by atoms with Gasteiger partial charge in [0.1, 0.15) is 17.1 Å². The molecule has 0 aliphatic carbocycles. The minimum Gasteiger partial charge on any atom is -0.507 e. The molecule has 2 aromatic rings. The third-order valence-corrected chi connectivity index (χ3v) is 9.04. The standard InChI is InChI=1S/C36H53NO2/c1-5-6-7-8-9-10-11-12-13-15-18-28(2)30-25-33(38)35-31-27-37(23-21-29-19-16-14-17-20-29)24-22-32(31)36(3,4)39-34(35)26-30/h14,16-17,19-20,25-26,28,38H,5-13,15,18,21-24,27H2,1-4H3. The quantitative estimate of drug-likeness (QED) is 0.232. The number of fused-ring (bicyclic) bond motifs is 2. The molecule has 2 aromatic carbocycles. The van der Waals surface area contributed by atoms with E-state index in [1.165, 1.54) is 92.9 Å². The molecule has 3 heteroatoms. The molecular weight excluding hydrogens is 478 g/mol. The Morgan fingerprint density at radius 1 is 0.923 bits per heavy atom. The van der Waals surface area contributed by atoms with Gasteiger partial charge in [0.15, 0.2) is 0 Å². The van der Waals surface area contributed by atoms with Crippen LogP contribution in [0.2, 0.25) is 0 Å². The van der Waals surface area contributed by atoms with Gasteiger partial charge in [0.25, 0.3) is 0 Å². The summed E-state index contributed by atoms with van der Waals surface area (Å²) in [6.07, 6.45) is 16.9. The van der Waals surface area contributed by atoms with Crippen LogP contribution in [0.5, 0.6) is 11.5 Å². The zero-order chi connectivity index (χ0) is 27.7. The van der Waals surface area contributed by atoms with Crippen molar-refractivity contribution in [1.82, 2.24) is 4.90 Å². The first kappa shape index (κ1) is 29.7. The molecule has 0 bridgehead atoms. The molecule has 39 heavy (non-hydrogen) atoms. The third kappa shape index (κ3) is 8.13. The number of ether oxygens (including phenoxy) is 1. The molecule has 0 amide bonds. The number of benzene rings is 2. The molecule has 0 aromatic heterocycles.